The number of Topliss-reactive ketones (excluding diaryl/α,β-unsaturated/α-hetero) is 1. The molecule has 0 saturated carbocycles. The van der Waals surface area contributed by atoms with E-state index in [1.165, 1.54) is 14.0 Å². The van der Waals surface area contributed by atoms with E-state index in [0.29, 0.717) is 5.88 Å². The highest BCUT2D eigenvalue weighted by Crippen LogP contribution is 2.22. The third kappa shape index (κ3) is 4.79. The van der Waals surface area contributed by atoms with Gasteiger partial charge in [-0.05, 0) is 25.7 Å². The van der Waals surface area contributed by atoms with Gasteiger partial charge in [-0.25, -0.2) is 0 Å². The van der Waals surface area contributed by atoms with E-state index >= 15 is 0 Å². The molecule has 0 radical (unpaired) electrons. The first-order valence-electron chi connectivity index (χ1n) is 5.35. The zero-order valence-electron chi connectivity index (χ0n) is 9.87. The Bertz CT molecular complexity index is 251. The van der Waals surface area contributed by atoms with Gasteiger partial charge < -0.3 is 4.74 Å². The van der Waals surface area contributed by atoms with Gasteiger partial charge in [0, 0.05) is 5.88 Å². The molecule has 0 bridgehead atoms. The Morgan fingerprint density at radius 2 is 2.06 bits per heavy atom. The summed E-state index contributed by atoms with van der Waals surface area (Å²) < 4.78 is 4.63. The topological polar surface area (TPSA) is 43.4 Å². The number of unbranched alkanes of at least 4 members (excludes halogenated alkanes) is 1. The van der Waals surface area contributed by atoms with Crippen LogP contribution in [0.1, 0.15) is 26.2 Å². The summed E-state index contributed by atoms with van der Waals surface area (Å²) in [5.41, 5.74) is 0. The molecule has 16 heavy (non-hydrogen) atoms. The quantitative estimate of drug-likeness (QED) is 0.217. The van der Waals surface area contributed by atoms with Gasteiger partial charge in [-0.15, -0.1) is 18.2 Å². The van der Waals surface area contributed by atoms with E-state index in [0.717, 1.165) is 19.3 Å². The van der Waals surface area contributed by atoms with Gasteiger partial charge in [0.2, 0.25) is 0 Å². The second kappa shape index (κ2) is 8.34. The second-order valence-electron chi connectivity index (χ2n) is 3.70. The predicted octanol–water partition coefficient (Wildman–Crippen LogP) is 2.58. The van der Waals surface area contributed by atoms with Gasteiger partial charge >= 0.3 is 5.97 Å². The van der Waals surface area contributed by atoms with Gasteiger partial charge in [0.05, 0.1) is 7.11 Å². The molecule has 0 aromatic rings. The van der Waals surface area contributed by atoms with E-state index < -0.39 is 11.9 Å². The van der Waals surface area contributed by atoms with Crippen LogP contribution in [0.5, 0.6) is 0 Å². The van der Waals surface area contributed by atoms with Crippen molar-refractivity contribution in [1.82, 2.24) is 0 Å². The summed E-state index contributed by atoms with van der Waals surface area (Å²) in [6, 6.07) is 0. The minimum atomic E-state index is -0.724. The van der Waals surface area contributed by atoms with Crippen LogP contribution in [0.2, 0.25) is 0 Å². The molecule has 92 valence electrons. The molecule has 0 aromatic heterocycles. The summed E-state index contributed by atoms with van der Waals surface area (Å²) in [5.74, 6) is -0.954. The first kappa shape index (κ1) is 15.2. The van der Waals surface area contributed by atoms with Crippen LogP contribution < -0.4 is 0 Å². The molecule has 0 spiro atoms. The number of ketones is 1. The lowest BCUT2D eigenvalue weighted by molar-refractivity contribution is -0.150. The molecule has 0 aliphatic heterocycles. The van der Waals surface area contributed by atoms with Crippen molar-refractivity contribution in [2.75, 3.05) is 13.0 Å². The smallest absolute Gasteiger partial charge is 0.316 e. The molecule has 0 heterocycles. The van der Waals surface area contributed by atoms with Crippen molar-refractivity contribution in [2.45, 2.75) is 26.2 Å². The van der Waals surface area contributed by atoms with Crippen LogP contribution in [0.15, 0.2) is 12.7 Å². The molecule has 0 aliphatic rings. The molecule has 2 unspecified atom stereocenters. The molecular formula is C12H19ClO3. The molecular weight excluding hydrogens is 228 g/mol. The lowest BCUT2D eigenvalue weighted by Gasteiger charge is -2.19. The Labute approximate surface area is 102 Å². The van der Waals surface area contributed by atoms with Crippen molar-refractivity contribution in [3.8, 4) is 0 Å². The third-order valence-electron chi connectivity index (χ3n) is 2.55. The highest BCUT2D eigenvalue weighted by atomic mass is 35.5. The van der Waals surface area contributed by atoms with Gasteiger partial charge in [0.1, 0.15) is 11.7 Å². The van der Waals surface area contributed by atoms with Crippen LogP contribution in [0.3, 0.4) is 0 Å². The number of allylic oxidation sites excluding steroid dienone is 1. The van der Waals surface area contributed by atoms with E-state index in [1.54, 1.807) is 6.08 Å². The van der Waals surface area contributed by atoms with Crippen LogP contribution in [-0.4, -0.2) is 24.7 Å². The van der Waals surface area contributed by atoms with Crippen molar-refractivity contribution >= 4 is 23.4 Å². The minimum Gasteiger partial charge on any atom is -0.468 e. The maximum absolute atomic E-state index is 11.5. The SMILES string of the molecule is C=CC(CCCCCl)C(C(C)=O)C(=O)OC. The molecule has 4 heteroatoms. The van der Waals surface area contributed by atoms with E-state index in [-0.39, 0.29) is 11.7 Å². The summed E-state index contributed by atoms with van der Waals surface area (Å²) in [6.45, 7) is 5.07. The molecule has 0 amide bonds. The number of halogens is 1. The van der Waals surface area contributed by atoms with E-state index in [1.807, 2.05) is 0 Å². The summed E-state index contributed by atoms with van der Waals surface area (Å²) in [7, 11) is 1.29. The number of carbonyl (C=O) groups is 2. The van der Waals surface area contributed by atoms with Gasteiger partial charge in [-0.2, -0.15) is 0 Å². The Morgan fingerprint density at radius 3 is 2.44 bits per heavy atom. The fourth-order valence-electron chi connectivity index (χ4n) is 1.66. The lowest BCUT2D eigenvalue weighted by atomic mass is 9.85. The number of methoxy groups -OCH3 is 1. The van der Waals surface area contributed by atoms with Crippen molar-refractivity contribution < 1.29 is 14.3 Å². The molecule has 0 N–H and O–H groups in total. The molecule has 0 rings (SSSR count). The zero-order valence-corrected chi connectivity index (χ0v) is 10.6. The summed E-state index contributed by atoms with van der Waals surface area (Å²) in [5, 5.41) is 0. The third-order valence-corrected chi connectivity index (χ3v) is 2.81. The number of ether oxygens (including phenoxy) is 1. The first-order chi connectivity index (χ1) is 7.58. The number of rotatable bonds is 8. The first-order valence-corrected chi connectivity index (χ1v) is 5.88. The van der Waals surface area contributed by atoms with E-state index in [9.17, 15) is 9.59 Å². The number of alkyl halides is 1. The minimum absolute atomic E-state index is 0.159. The Kier molecular flexibility index (Phi) is 7.90. The summed E-state index contributed by atoms with van der Waals surface area (Å²) >= 11 is 5.58. The second-order valence-corrected chi connectivity index (χ2v) is 4.07. The van der Waals surface area contributed by atoms with Crippen LogP contribution in [0, 0.1) is 11.8 Å². The van der Waals surface area contributed by atoms with E-state index in [4.69, 9.17) is 11.6 Å². The molecule has 0 aromatic carbocycles. The Hall–Kier alpha value is -0.830. The monoisotopic (exact) mass is 246 g/mol. The van der Waals surface area contributed by atoms with Crippen molar-refractivity contribution in [3.05, 3.63) is 12.7 Å². The van der Waals surface area contributed by atoms with Crippen LogP contribution in [-0.2, 0) is 14.3 Å². The summed E-state index contributed by atoms with van der Waals surface area (Å²) in [4.78, 5) is 22.9. The number of carbonyl (C=O) groups excluding carboxylic acids is 2. The van der Waals surface area contributed by atoms with Crippen molar-refractivity contribution in [1.29, 1.82) is 0 Å². The van der Waals surface area contributed by atoms with Crippen molar-refractivity contribution in [2.24, 2.45) is 11.8 Å². The maximum Gasteiger partial charge on any atom is 0.316 e. The molecule has 2 atom stereocenters. The zero-order chi connectivity index (χ0) is 12.6. The van der Waals surface area contributed by atoms with Gasteiger partial charge in [0.25, 0.3) is 0 Å². The lowest BCUT2D eigenvalue weighted by Crippen LogP contribution is -2.30. The Balaban J connectivity index is 4.52. The van der Waals surface area contributed by atoms with Gasteiger partial charge in [0.15, 0.2) is 0 Å². The largest absolute Gasteiger partial charge is 0.468 e. The fraction of sp³-hybridized carbons (Fsp3) is 0.667. The predicted molar refractivity (Wildman–Crippen MR) is 64.4 cm³/mol. The van der Waals surface area contributed by atoms with Crippen LogP contribution >= 0.6 is 11.6 Å². The average molecular weight is 247 g/mol. The standard InChI is InChI=1S/C12H19ClO3/c1-4-10(7-5-6-8-13)11(9(2)14)12(15)16-3/h4,10-11H,1,5-8H2,2-3H3. The van der Waals surface area contributed by atoms with E-state index in [2.05, 4.69) is 11.3 Å². The fourth-order valence-corrected chi connectivity index (χ4v) is 1.85. The Morgan fingerprint density at radius 1 is 1.44 bits per heavy atom. The highest BCUT2D eigenvalue weighted by Gasteiger charge is 2.30. The highest BCUT2D eigenvalue weighted by molar-refractivity contribution is 6.17. The van der Waals surface area contributed by atoms with Crippen LogP contribution in [0.4, 0.5) is 0 Å². The normalized spacial score (nSPS) is 13.9. The van der Waals surface area contributed by atoms with Gasteiger partial charge in [-0.1, -0.05) is 12.5 Å². The van der Waals surface area contributed by atoms with Gasteiger partial charge in [-0.3, -0.25) is 9.59 Å². The van der Waals surface area contributed by atoms with Crippen LogP contribution in [0.25, 0.3) is 0 Å². The number of hydrogen-bond acceptors (Lipinski definition) is 3. The number of hydrogen-bond donors (Lipinski definition) is 0. The summed E-state index contributed by atoms with van der Waals surface area (Å²) in [6.07, 6.45) is 4.13. The molecule has 0 fully saturated rings. The molecule has 3 nitrogen and oxygen atoms in total. The maximum atomic E-state index is 11.5. The molecule has 0 saturated heterocycles. The molecule has 0 aliphatic carbocycles. The average Bonchev–Trinajstić information content (AvgIpc) is 2.26. The number of esters is 1. The van der Waals surface area contributed by atoms with Crippen molar-refractivity contribution in [3.63, 3.8) is 0 Å².